The summed E-state index contributed by atoms with van der Waals surface area (Å²) in [5, 5.41) is 0. The van der Waals surface area contributed by atoms with Gasteiger partial charge in [0.2, 0.25) is 0 Å². The molecule has 0 radical (unpaired) electrons. The number of carbonyl (C=O) groups is 1. The first kappa shape index (κ1) is 19.0. The number of hydrogen-bond acceptors (Lipinski definition) is 5. The normalized spacial score (nSPS) is 16.9. The molecule has 6 nitrogen and oxygen atoms in total. The van der Waals surface area contributed by atoms with Crippen molar-refractivity contribution >= 4 is 27.7 Å². The quantitative estimate of drug-likeness (QED) is 0.776. The first-order valence-electron chi connectivity index (χ1n) is 8.12. The molecule has 1 aliphatic rings. The molecule has 1 aromatic heterocycles. The van der Waals surface area contributed by atoms with Crippen LogP contribution in [0.1, 0.15) is 39.5 Å². The molecule has 0 spiro atoms. The fourth-order valence-electron chi connectivity index (χ4n) is 2.50. The van der Waals surface area contributed by atoms with Crippen LogP contribution in [0.5, 0.6) is 0 Å². The van der Waals surface area contributed by atoms with E-state index in [0.29, 0.717) is 13.1 Å². The van der Waals surface area contributed by atoms with E-state index in [-0.39, 0.29) is 12.2 Å². The Morgan fingerprint density at radius 2 is 1.92 bits per heavy atom. The molecular formula is C17H26BrN3O3. The Labute approximate surface area is 152 Å². The Balaban J connectivity index is 1.97. The second kappa shape index (κ2) is 7.70. The number of anilines is 1. The minimum absolute atomic E-state index is 0.0579. The number of pyridine rings is 1. The SMILES string of the molecule is CO[C@@H](C)c1ncc(N2CCN(C(=O)OC(C)(C)C)CC2)cc1Br. The van der Waals surface area contributed by atoms with Crippen molar-refractivity contribution in [1.82, 2.24) is 9.88 Å². The fraction of sp³-hybridized carbons (Fsp3) is 0.647. The van der Waals surface area contributed by atoms with E-state index >= 15 is 0 Å². The molecule has 1 amide bonds. The highest BCUT2D eigenvalue weighted by molar-refractivity contribution is 9.10. The molecule has 1 atom stereocenters. The lowest BCUT2D eigenvalue weighted by molar-refractivity contribution is 0.0240. The second-order valence-electron chi connectivity index (χ2n) is 6.89. The highest BCUT2D eigenvalue weighted by atomic mass is 79.9. The van der Waals surface area contributed by atoms with Crippen molar-refractivity contribution in [2.24, 2.45) is 0 Å². The smallest absolute Gasteiger partial charge is 0.410 e. The summed E-state index contributed by atoms with van der Waals surface area (Å²) in [6.07, 6.45) is 1.56. The van der Waals surface area contributed by atoms with Gasteiger partial charge in [0.05, 0.1) is 23.7 Å². The van der Waals surface area contributed by atoms with Crippen LogP contribution in [0.15, 0.2) is 16.7 Å². The zero-order valence-electron chi connectivity index (χ0n) is 15.0. The van der Waals surface area contributed by atoms with E-state index in [1.54, 1.807) is 12.0 Å². The van der Waals surface area contributed by atoms with Gasteiger partial charge in [0, 0.05) is 37.8 Å². The summed E-state index contributed by atoms with van der Waals surface area (Å²) in [5.41, 5.74) is 1.46. The van der Waals surface area contributed by atoms with Gasteiger partial charge >= 0.3 is 6.09 Å². The van der Waals surface area contributed by atoms with Gasteiger partial charge in [-0.1, -0.05) is 0 Å². The third kappa shape index (κ3) is 4.83. The van der Waals surface area contributed by atoms with Crippen LogP contribution in [0.3, 0.4) is 0 Å². The van der Waals surface area contributed by atoms with Gasteiger partial charge in [-0.05, 0) is 49.7 Å². The number of rotatable bonds is 3. The molecule has 7 heteroatoms. The van der Waals surface area contributed by atoms with E-state index in [2.05, 4.69) is 31.9 Å². The molecule has 1 aliphatic heterocycles. The van der Waals surface area contributed by atoms with Gasteiger partial charge in [0.15, 0.2) is 0 Å². The summed E-state index contributed by atoms with van der Waals surface area (Å²) in [5.74, 6) is 0. The summed E-state index contributed by atoms with van der Waals surface area (Å²) in [4.78, 5) is 20.6. The average Bonchev–Trinajstić information content (AvgIpc) is 2.52. The van der Waals surface area contributed by atoms with Crippen LogP contribution in [0.25, 0.3) is 0 Å². The van der Waals surface area contributed by atoms with Gasteiger partial charge < -0.3 is 19.3 Å². The molecule has 0 saturated carbocycles. The molecule has 0 bridgehead atoms. The highest BCUT2D eigenvalue weighted by Crippen LogP contribution is 2.28. The summed E-state index contributed by atoms with van der Waals surface area (Å²) in [7, 11) is 1.67. The molecule has 24 heavy (non-hydrogen) atoms. The van der Waals surface area contributed by atoms with Crippen LogP contribution >= 0.6 is 15.9 Å². The van der Waals surface area contributed by atoms with Crippen LogP contribution in [0, 0.1) is 0 Å². The van der Waals surface area contributed by atoms with Crippen LogP contribution in [-0.2, 0) is 9.47 Å². The van der Waals surface area contributed by atoms with E-state index in [9.17, 15) is 4.79 Å². The van der Waals surface area contributed by atoms with E-state index < -0.39 is 5.60 Å². The van der Waals surface area contributed by atoms with E-state index in [0.717, 1.165) is 28.9 Å². The molecule has 1 saturated heterocycles. The number of amides is 1. The molecule has 0 aliphatic carbocycles. The third-order valence-corrected chi connectivity index (χ3v) is 4.53. The average molecular weight is 400 g/mol. The van der Waals surface area contributed by atoms with Crippen molar-refractivity contribution in [2.75, 3.05) is 38.2 Å². The summed E-state index contributed by atoms with van der Waals surface area (Å²) in [6.45, 7) is 10.4. The molecule has 1 aromatic rings. The van der Waals surface area contributed by atoms with Gasteiger partial charge in [0.1, 0.15) is 5.60 Å². The maximum atomic E-state index is 12.1. The molecule has 1 fully saturated rings. The predicted octanol–water partition coefficient (Wildman–Crippen LogP) is 3.61. The predicted molar refractivity (Wildman–Crippen MR) is 97.4 cm³/mol. The number of piperazine rings is 1. The summed E-state index contributed by atoms with van der Waals surface area (Å²) >= 11 is 3.57. The summed E-state index contributed by atoms with van der Waals surface area (Å²) < 4.78 is 11.7. The Morgan fingerprint density at radius 1 is 1.29 bits per heavy atom. The van der Waals surface area contributed by atoms with Crippen molar-refractivity contribution < 1.29 is 14.3 Å². The lowest BCUT2D eigenvalue weighted by atomic mass is 10.2. The Bertz CT molecular complexity index is 581. The second-order valence-corrected chi connectivity index (χ2v) is 7.75. The first-order valence-corrected chi connectivity index (χ1v) is 8.91. The van der Waals surface area contributed by atoms with E-state index in [1.807, 2.05) is 33.9 Å². The van der Waals surface area contributed by atoms with Crippen molar-refractivity contribution in [3.05, 3.63) is 22.4 Å². The number of nitrogens with zero attached hydrogens (tertiary/aromatic N) is 3. The molecule has 0 N–H and O–H groups in total. The minimum Gasteiger partial charge on any atom is -0.444 e. The van der Waals surface area contributed by atoms with Gasteiger partial charge in [0.25, 0.3) is 0 Å². The topological polar surface area (TPSA) is 54.9 Å². The monoisotopic (exact) mass is 399 g/mol. The van der Waals surface area contributed by atoms with Crippen LogP contribution in [0.4, 0.5) is 10.5 Å². The summed E-state index contributed by atoms with van der Waals surface area (Å²) in [6, 6.07) is 2.06. The minimum atomic E-state index is -0.461. The Morgan fingerprint density at radius 3 is 2.42 bits per heavy atom. The van der Waals surface area contributed by atoms with Gasteiger partial charge in [-0.15, -0.1) is 0 Å². The van der Waals surface area contributed by atoms with E-state index in [4.69, 9.17) is 9.47 Å². The molecule has 0 unspecified atom stereocenters. The van der Waals surface area contributed by atoms with Gasteiger partial charge in [-0.3, -0.25) is 4.98 Å². The van der Waals surface area contributed by atoms with Crippen molar-refractivity contribution in [2.45, 2.75) is 39.4 Å². The Hall–Kier alpha value is -1.34. The maximum absolute atomic E-state index is 12.1. The largest absolute Gasteiger partial charge is 0.444 e. The van der Waals surface area contributed by atoms with Gasteiger partial charge in [-0.2, -0.15) is 0 Å². The fourth-order valence-corrected chi connectivity index (χ4v) is 3.16. The highest BCUT2D eigenvalue weighted by Gasteiger charge is 2.26. The first-order chi connectivity index (χ1) is 11.2. The standard InChI is InChI=1S/C17H26BrN3O3/c1-12(23-5)15-14(18)10-13(11-19-15)20-6-8-21(9-7-20)16(22)24-17(2,3)4/h10-12H,6-9H2,1-5H3/t12-/m0/s1. The lowest BCUT2D eigenvalue weighted by Gasteiger charge is -2.36. The van der Waals surface area contributed by atoms with Gasteiger partial charge in [-0.25, -0.2) is 4.79 Å². The van der Waals surface area contributed by atoms with Crippen molar-refractivity contribution in [1.29, 1.82) is 0 Å². The van der Waals surface area contributed by atoms with Crippen LogP contribution in [-0.4, -0.2) is 54.9 Å². The maximum Gasteiger partial charge on any atom is 0.410 e. The van der Waals surface area contributed by atoms with Crippen LogP contribution in [0.2, 0.25) is 0 Å². The zero-order chi connectivity index (χ0) is 17.9. The Kier molecular flexibility index (Phi) is 6.09. The third-order valence-electron chi connectivity index (χ3n) is 3.89. The number of carbonyl (C=O) groups excluding carboxylic acids is 1. The molecule has 2 rings (SSSR count). The number of methoxy groups -OCH3 is 1. The lowest BCUT2D eigenvalue weighted by Crippen LogP contribution is -2.50. The van der Waals surface area contributed by atoms with Crippen LogP contribution < -0.4 is 4.90 Å². The molecule has 2 heterocycles. The molecule has 134 valence electrons. The number of hydrogen-bond donors (Lipinski definition) is 0. The molecular weight excluding hydrogens is 374 g/mol. The van der Waals surface area contributed by atoms with Crippen molar-refractivity contribution in [3.8, 4) is 0 Å². The van der Waals surface area contributed by atoms with E-state index in [1.165, 1.54) is 0 Å². The van der Waals surface area contributed by atoms with Crippen molar-refractivity contribution in [3.63, 3.8) is 0 Å². The molecule has 0 aromatic carbocycles. The number of halogens is 1. The zero-order valence-corrected chi connectivity index (χ0v) is 16.6. The number of aromatic nitrogens is 1. The number of ether oxygens (including phenoxy) is 2.